The lowest BCUT2D eigenvalue weighted by Gasteiger charge is -2.19. The van der Waals surface area contributed by atoms with Gasteiger partial charge in [0.2, 0.25) is 0 Å². The summed E-state index contributed by atoms with van der Waals surface area (Å²) in [4.78, 5) is 29.6. The second kappa shape index (κ2) is 8.77. The number of anilines is 1. The largest absolute Gasteiger partial charge is 0.501 e. The highest BCUT2D eigenvalue weighted by atomic mass is 32.2. The van der Waals surface area contributed by atoms with Crippen LogP contribution in [0.2, 0.25) is 0 Å². The maximum absolute atomic E-state index is 13.2. The van der Waals surface area contributed by atoms with Gasteiger partial charge < -0.3 is 5.32 Å². The number of aromatic nitrogens is 1. The van der Waals surface area contributed by atoms with E-state index < -0.39 is 50.0 Å². The van der Waals surface area contributed by atoms with Gasteiger partial charge >= 0.3 is 11.5 Å². The van der Waals surface area contributed by atoms with Crippen molar-refractivity contribution in [3.63, 3.8) is 0 Å². The zero-order chi connectivity index (χ0) is 25.5. The Labute approximate surface area is 197 Å². The first kappa shape index (κ1) is 24.3. The monoisotopic (exact) mass is 507 g/mol. The summed E-state index contributed by atoms with van der Waals surface area (Å²) in [5.41, 5.74) is -3.72. The van der Waals surface area contributed by atoms with E-state index in [1.165, 1.54) is 18.3 Å². The van der Waals surface area contributed by atoms with Crippen LogP contribution in [0.5, 0.6) is 0 Å². The van der Waals surface area contributed by atoms with Crippen LogP contribution in [0.4, 0.5) is 28.0 Å². The van der Waals surface area contributed by atoms with Gasteiger partial charge in [0.1, 0.15) is 11.9 Å². The molecule has 0 spiro atoms. The van der Waals surface area contributed by atoms with E-state index in [2.05, 4.69) is 10.3 Å². The van der Waals surface area contributed by atoms with Crippen LogP contribution < -0.4 is 10.2 Å². The second-order valence-corrected chi connectivity index (χ2v) is 9.76. The van der Waals surface area contributed by atoms with Crippen molar-refractivity contribution in [3.8, 4) is 11.3 Å². The SMILES string of the molecule is CC(c1ccnc(-c2ccc(F)cc2)c1)C1NC(=O)N(c2ccc(S(=O)(=O)C(F)(F)F)cc2)C1=O. The first-order valence-electron chi connectivity index (χ1n) is 10.2. The molecule has 182 valence electrons. The third kappa shape index (κ3) is 4.48. The van der Waals surface area contributed by atoms with E-state index in [1.54, 1.807) is 31.2 Å². The molecular formula is C23H17F4N3O4S. The molecular weight excluding hydrogens is 490 g/mol. The molecule has 1 fully saturated rings. The fourth-order valence-corrected chi connectivity index (χ4v) is 4.45. The molecule has 2 unspecified atom stereocenters. The highest BCUT2D eigenvalue weighted by Crippen LogP contribution is 2.33. The fraction of sp³-hybridized carbons (Fsp3) is 0.174. The van der Waals surface area contributed by atoms with Crippen LogP contribution in [-0.4, -0.2) is 36.9 Å². The molecule has 3 amide bonds. The number of imide groups is 1. The summed E-state index contributed by atoms with van der Waals surface area (Å²) in [6.07, 6.45) is 1.52. The van der Waals surface area contributed by atoms with Crippen molar-refractivity contribution < 1.29 is 35.6 Å². The molecule has 1 aliphatic heterocycles. The van der Waals surface area contributed by atoms with Crippen LogP contribution >= 0.6 is 0 Å². The Morgan fingerprint density at radius 2 is 1.63 bits per heavy atom. The number of carbonyl (C=O) groups is 2. The van der Waals surface area contributed by atoms with Crippen molar-refractivity contribution in [2.24, 2.45) is 0 Å². The summed E-state index contributed by atoms with van der Waals surface area (Å²) in [5.74, 6) is -1.58. The molecule has 12 heteroatoms. The van der Waals surface area contributed by atoms with E-state index in [-0.39, 0.29) is 5.69 Å². The fourth-order valence-electron chi connectivity index (χ4n) is 3.69. The summed E-state index contributed by atoms with van der Waals surface area (Å²) in [6, 6.07) is 10.6. The molecule has 0 aliphatic carbocycles. The standard InChI is InChI=1S/C23H17F4N3O4S/c1-13(15-10-11-28-19(12-15)14-2-4-16(24)5-3-14)20-21(31)30(22(32)29-20)17-6-8-18(9-7-17)35(33,34)23(25,26)27/h2-13,20H,1H3,(H,29,32). The second-order valence-electron chi connectivity index (χ2n) is 7.81. The maximum Gasteiger partial charge on any atom is 0.501 e. The lowest BCUT2D eigenvalue weighted by Crippen LogP contribution is -2.35. The van der Waals surface area contributed by atoms with Gasteiger partial charge in [-0.05, 0) is 66.2 Å². The minimum atomic E-state index is -5.56. The van der Waals surface area contributed by atoms with E-state index in [9.17, 15) is 35.6 Å². The van der Waals surface area contributed by atoms with Gasteiger partial charge in [0.05, 0.1) is 16.3 Å². The van der Waals surface area contributed by atoms with Gasteiger partial charge in [-0.1, -0.05) is 6.92 Å². The molecule has 0 bridgehead atoms. The zero-order valence-corrected chi connectivity index (χ0v) is 18.8. The van der Waals surface area contributed by atoms with Gasteiger partial charge in [-0.2, -0.15) is 13.2 Å². The van der Waals surface area contributed by atoms with Gasteiger partial charge in [0.25, 0.3) is 15.7 Å². The Bertz CT molecular complexity index is 1390. The van der Waals surface area contributed by atoms with Crippen LogP contribution in [0, 0.1) is 5.82 Å². The Hall–Kier alpha value is -3.80. The number of carbonyl (C=O) groups excluding carboxylic acids is 2. The van der Waals surface area contributed by atoms with Gasteiger partial charge in [-0.3, -0.25) is 9.78 Å². The molecule has 2 atom stereocenters. The van der Waals surface area contributed by atoms with Gasteiger partial charge in [-0.15, -0.1) is 0 Å². The normalized spacial score (nSPS) is 17.4. The van der Waals surface area contributed by atoms with Crippen molar-refractivity contribution in [2.45, 2.75) is 29.3 Å². The van der Waals surface area contributed by atoms with Crippen LogP contribution in [-0.2, 0) is 14.6 Å². The van der Waals surface area contributed by atoms with E-state index in [0.29, 0.717) is 29.0 Å². The highest BCUT2D eigenvalue weighted by Gasteiger charge is 2.47. The van der Waals surface area contributed by atoms with Crippen molar-refractivity contribution in [3.05, 3.63) is 78.2 Å². The first-order valence-corrected chi connectivity index (χ1v) is 11.7. The molecule has 1 N–H and O–H groups in total. The van der Waals surface area contributed by atoms with E-state index in [1.807, 2.05) is 0 Å². The molecule has 1 saturated heterocycles. The number of hydrogen-bond acceptors (Lipinski definition) is 5. The number of hydrogen-bond donors (Lipinski definition) is 1. The van der Waals surface area contributed by atoms with Crippen molar-refractivity contribution >= 4 is 27.5 Å². The van der Waals surface area contributed by atoms with E-state index in [0.717, 1.165) is 17.0 Å². The quantitative estimate of drug-likeness (QED) is 0.408. The number of halogens is 4. The molecule has 2 heterocycles. The molecule has 35 heavy (non-hydrogen) atoms. The summed E-state index contributed by atoms with van der Waals surface area (Å²) in [5, 5.41) is 2.56. The van der Waals surface area contributed by atoms with Crippen molar-refractivity contribution in [1.82, 2.24) is 10.3 Å². The van der Waals surface area contributed by atoms with Crippen LogP contribution in [0.3, 0.4) is 0 Å². The first-order chi connectivity index (χ1) is 16.4. The smallest absolute Gasteiger partial charge is 0.325 e. The number of urea groups is 1. The average molecular weight is 507 g/mol. The molecule has 2 aromatic carbocycles. The zero-order valence-electron chi connectivity index (χ0n) is 18.0. The number of benzene rings is 2. The molecule has 0 saturated carbocycles. The number of amides is 3. The Balaban J connectivity index is 1.57. The molecule has 4 rings (SSSR count). The van der Waals surface area contributed by atoms with Crippen LogP contribution in [0.15, 0.2) is 71.8 Å². The molecule has 3 aromatic rings. The maximum atomic E-state index is 13.2. The number of nitrogens with one attached hydrogen (secondary N) is 1. The predicted molar refractivity (Wildman–Crippen MR) is 118 cm³/mol. The number of pyridine rings is 1. The van der Waals surface area contributed by atoms with Crippen LogP contribution in [0.1, 0.15) is 18.4 Å². The Morgan fingerprint density at radius 3 is 2.23 bits per heavy atom. The third-order valence-corrected chi connectivity index (χ3v) is 7.13. The third-order valence-electron chi connectivity index (χ3n) is 5.63. The van der Waals surface area contributed by atoms with E-state index in [4.69, 9.17) is 0 Å². The Morgan fingerprint density at radius 1 is 1.00 bits per heavy atom. The van der Waals surface area contributed by atoms with E-state index >= 15 is 0 Å². The summed E-state index contributed by atoms with van der Waals surface area (Å²) < 4.78 is 74.6. The van der Waals surface area contributed by atoms with Crippen molar-refractivity contribution in [1.29, 1.82) is 0 Å². The predicted octanol–water partition coefficient (Wildman–Crippen LogP) is 4.41. The van der Waals surface area contributed by atoms with Gasteiger partial charge in [0.15, 0.2) is 0 Å². The summed E-state index contributed by atoms with van der Waals surface area (Å²) in [7, 11) is -5.56. The lowest BCUT2D eigenvalue weighted by atomic mass is 9.92. The molecule has 7 nitrogen and oxygen atoms in total. The van der Waals surface area contributed by atoms with Crippen LogP contribution in [0.25, 0.3) is 11.3 Å². The lowest BCUT2D eigenvalue weighted by molar-refractivity contribution is -0.118. The number of rotatable bonds is 5. The molecule has 0 radical (unpaired) electrons. The van der Waals surface area contributed by atoms with Gasteiger partial charge in [-0.25, -0.2) is 22.5 Å². The average Bonchev–Trinajstić information content (AvgIpc) is 3.12. The topological polar surface area (TPSA) is 96.4 Å². The number of sulfone groups is 1. The number of nitrogens with zero attached hydrogens (tertiary/aromatic N) is 2. The highest BCUT2D eigenvalue weighted by molar-refractivity contribution is 7.92. The van der Waals surface area contributed by atoms with Crippen molar-refractivity contribution in [2.75, 3.05) is 4.90 Å². The minimum absolute atomic E-state index is 0.0787. The Kier molecular flexibility index (Phi) is 6.09. The summed E-state index contributed by atoms with van der Waals surface area (Å²) in [6.45, 7) is 1.70. The molecule has 1 aliphatic rings. The summed E-state index contributed by atoms with van der Waals surface area (Å²) >= 11 is 0. The minimum Gasteiger partial charge on any atom is -0.325 e. The number of alkyl halides is 3. The van der Waals surface area contributed by atoms with Gasteiger partial charge in [0, 0.05) is 17.7 Å². The molecule has 1 aromatic heterocycles.